The summed E-state index contributed by atoms with van der Waals surface area (Å²) >= 11 is 3.70. The van der Waals surface area contributed by atoms with Crippen LogP contribution >= 0.6 is 15.9 Å². The molecule has 0 spiro atoms. The molecule has 0 atom stereocenters. The highest BCUT2D eigenvalue weighted by Crippen LogP contribution is 2.30. The molecule has 0 aliphatic heterocycles. The van der Waals surface area contributed by atoms with Gasteiger partial charge in [-0.05, 0) is 54.3 Å². The minimum Gasteiger partial charge on any atom is -0.0928 e. The van der Waals surface area contributed by atoms with Crippen molar-refractivity contribution in [2.45, 2.75) is 158 Å². The van der Waals surface area contributed by atoms with Gasteiger partial charge in [-0.3, -0.25) is 0 Å². The molecule has 0 aromatic rings. The van der Waals surface area contributed by atoms with Gasteiger partial charge in [-0.25, -0.2) is 0 Å². The summed E-state index contributed by atoms with van der Waals surface area (Å²) in [6.45, 7) is 19.2. The van der Waals surface area contributed by atoms with Crippen molar-refractivity contribution in [1.82, 2.24) is 0 Å². The van der Waals surface area contributed by atoms with Crippen LogP contribution in [0.15, 0.2) is 0 Å². The van der Waals surface area contributed by atoms with Crippen molar-refractivity contribution in [1.29, 1.82) is 0 Å². The normalized spacial score (nSPS) is 12.7. The Hall–Kier alpha value is 0.480. The van der Waals surface area contributed by atoms with E-state index in [0.29, 0.717) is 0 Å². The maximum absolute atomic E-state index is 3.70. The number of halogens is 1. The topological polar surface area (TPSA) is 0 Å². The Morgan fingerprint density at radius 2 is 0.576 bits per heavy atom. The summed E-state index contributed by atoms with van der Waals surface area (Å²) in [5.41, 5.74) is 0. The van der Waals surface area contributed by atoms with E-state index >= 15 is 0 Å². The van der Waals surface area contributed by atoms with Gasteiger partial charge in [-0.1, -0.05) is 161 Å². The molecule has 0 aliphatic rings. The summed E-state index contributed by atoms with van der Waals surface area (Å²) in [5, 5.41) is 1.18. The summed E-state index contributed by atoms with van der Waals surface area (Å²) in [6.07, 6.45) is 23.2. The molecule has 0 aliphatic carbocycles. The van der Waals surface area contributed by atoms with E-state index in [-0.39, 0.29) is 0 Å². The van der Waals surface area contributed by atoms with Crippen LogP contribution in [0, 0.1) is 41.4 Å². The molecule has 0 bridgehead atoms. The van der Waals surface area contributed by atoms with E-state index in [4.69, 9.17) is 0 Å². The van der Waals surface area contributed by atoms with Crippen LogP contribution in [0.3, 0.4) is 0 Å². The lowest BCUT2D eigenvalue weighted by Crippen LogP contribution is -2.09. The van der Waals surface area contributed by atoms with Crippen molar-refractivity contribution in [3.8, 4) is 0 Å². The summed E-state index contributed by atoms with van der Waals surface area (Å²) in [6, 6.07) is 0. The quantitative estimate of drug-likeness (QED) is 0.115. The lowest BCUT2D eigenvalue weighted by molar-refractivity contribution is 0.301. The Kier molecular flexibility index (Phi) is 22.1. The van der Waals surface area contributed by atoms with E-state index in [0.717, 1.165) is 41.4 Å². The maximum atomic E-state index is 3.70. The molecule has 33 heavy (non-hydrogen) atoms. The molecule has 0 aromatic carbocycles. The summed E-state index contributed by atoms with van der Waals surface area (Å²) in [5.74, 6) is 6.35. The molecule has 0 amide bonds. The van der Waals surface area contributed by atoms with E-state index in [1.807, 2.05) is 0 Å². The van der Waals surface area contributed by atoms with Crippen molar-refractivity contribution in [2.75, 3.05) is 5.33 Å². The zero-order chi connectivity index (χ0) is 25.1. The molecule has 1 heteroatoms. The minimum atomic E-state index is 0.859. The van der Waals surface area contributed by atoms with Crippen molar-refractivity contribution in [2.24, 2.45) is 41.4 Å². The van der Waals surface area contributed by atoms with E-state index in [1.54, 1.807) is 0 Å². The molecule has 0 nitrogen and oxygen atoms in total. The van der Waals surface area contributed by atoms with Crippen LogP contribution in [0.1, 0.15) is 158 Å². The smallest absolute Gasteiger partial charge is 0.00314 e. The number of rotatable bonds is 23. The molecule has 0 saturated heterocycles. The first-order valence-electron chi connectivity index (χ1n) is 15.2. The van der Waals surface area contributed by atoms with Gasteiger partial charge < -0.3 is 0 Å². The maximum Gasteiger partial charge on any atom is 0.00314 e. The monoisotopic (exact) mass is 528 g/mol. The second-order valence-corrected chi connectivity index (χ2v) is 14.0. The fourth-order valence-corrected chi connectivity index (χ4v) is 5.66. The van der Waals surface area contributed by atoms with Crippen LogP contribution in [0.2, 0.25) is 0 Å². The summed E-state index contributed by atoms with van der Waals surface area (Å²) < 4.78 is 0. The molecule has 0 unspecified atom stereocenters. The van der Waals surface area contributed by atoms with Crippen molar-refractivity contribution in [3.05, 3.63) is 0 Å². The van der Waals surface area contributed by atoms with Crippen LogP contribution in [0.25, 0.3) is 0 Å². The van der Waals surface area contributed by atoms with Crippen molar-refractivity contribution in [3.63, 3.8) is 0 Å². The highest BCUT2D eigenvalue weighted by Gasteiger charge is 2.16. The molecular weight excluding hydrogens is 464 g/mol. The van der Waals surface area contributed by atoms with Gasteiger partial charge in [0, 0.05) is 5.33 Å². The Bertz CT molecular complexity index is 339. The van der Waals surface area contributed by atoms with Gasteiger partial charge in [0.2, 0.25) is 0 Å². The van der Waals surface area contributed by atoms with Gasteiger partial charge in [0.1, 0.15) is 0 Å². The molecule has 0 heterocycles. The zero-order valence-electron chi connectivity index (χ0n) is 24.4. The van der Waals surface area contributed by atoms with Gasteiger partial charge >= 0.3 is 0 Å². The Morgan fingerprint density at radius 3 is 0.818 bits per heavy atom. The highest BCUT2D eigenvalue weighted by atomic mass is 79.9. The van der Waals surface area contributed by atoms with Gasteiger partial charge in [0.25, 0.3) is 0 Å². The van der Waals surface area contributed by atoms with Crippen LogP contribution in [0.5, 0.6) is 0 Å². The fourth-order valence-electron chi connectivity index (χ4n) is 5.33. The lowest BCUT2D eigenvalue weighted by Gasteiger charge is -2.23. The number of hydrogen-bond acceptors (Lipinski definition) is 0. The first-order chi connectivity index (χ1) is 15.6. The molecule has 0 radical (unpaired) electrons. The predicted molar refractivity (Wildman–Crippen MR) is 157 cm³/mol. The molecule has 0 fully saturated rings. The van der Waals surface area contributed by atoms with E-state index in [9.17, 15) is 0 Å². The minimum absolute atomic E-state index is 0.859. The zero-order valence-corrected chi connectivity index (χ0v) is 26.0. The van der Waals surface area contributed by atoms with Gasteiger partial charge in [-0.2, -0.15) is 0 Å². The third kappa shape index (κ3) is 22.7. The van der Waals surface area contributed by atoms with Crippen molar-refractivity contribution >= 4 is 15.9 Å². The third-order valence-electron chi connectivity index (χ3n) is 7.80. The number of alkyl halides is 1. The molecule has 0 aromatic heterocycles. The van der Waals surface area contributed by atoms with E-state index in [1.165, 1.54) is 108 Å². The molecule has 200 valence electrons. The predicted octanol–water partition coefficient (Wildman–Crippen LogP) is 12.1. The Balaban J connectivity index is 4.57. The fraction of sp³-hybridized carbons (Fsp3) is 1.00. The standard InChI is InChI=1S/C32H65Br/c1-26(2)17-21-31(22-18-27(3)4)14-9-12-30(16-11-25-33)13-10-15-32(23-19-28(5)6)24-20-29(7)8/h26-32H,9-25H2,1-8H3. The van der Waals surface area contributed by atoms with Crippen molar-refractivity contribution < 1.29 is 0 Å². The number of hydrogen-bond donors (Lipinski definition) is 0. The van der Waals surface area contributed by atoms with Crippen LogP contribution in [-0.4, -0.2) is 5.33 Å². The van der Waals surface area contributed by atoms with E-state index < -0.39 is 0 Å². The SMILES string of the molecule is CC(C)CCC(CCCC(CCCBr)CCCC(CCC(C)C)CCC(C)C)CCC(C)C. The largest absolute Gasteiger partial charge is 0.0928 e. The summed E-state index contributed by atoms with van der Waals surface area (Å²) in [7, 11) is 0. The van der Waals surface area contributed by atoms with E-state index in [2.05, 4.69) is 71.3 Å². The third-order valence-corrected chi connectivity index (χ3v) is 8.37. The molecular formula is C32H65Br. The second kappa shape index (κ2) is 21.7. The second-order valence-electron chi connectivity index (χ2n) is 13.2. The molecule has 0 rings (SSSR count). The van der Waals surface area contributed by atoms with Gasteiger partial charge in [0.05, 0.1) is 0 Å². The molecule has 0 N–H and O–H groups in total. The summed E-state index contributed by atoms with van der Waals surface area (Å²) in [4.78, 5) is 0. The van der Waals surface area contributed by atoms with Crippen LogP contribution < -0.4 is 0 Å². The average Bonchev–Trinajstić information content (AvgIpc) is 2.73. The Labute approximate surface area is 220 Å². The Morgan fingerprint density at radius 1 is 0.333 bits per heavy atom. The molecule has 0 saturated carbocycles. The first kappa shape index (κ1) is 33.5. The van der Waals surface area contributed by atoms with Gasteiger partial charge in [-0.15, -0.1) is 0 Å². The highest BCUT2D eigenvalue weighted by molar-refractivity contribution is 9.09. The van der Waals surface area contributed by atoms with Crippen LogP contribution in [-0.2, 0) is 0 Å². The van der Waals surface area contributed by atoms with Crippen LogP contribution in [0.4, 0.5) is 0 Å². The first-order valence-corrected chi connectivity index (χ1v) is 16.3. The average molecular weight is 530 g/mol. The van der Waals surface area contributed by atoms with Gasteiger partial charge in [0.15, 0.2) is 0 Å². The lowest BCUT2D eigenvalue weighted by atomic mass is 9.83.